The van der Waals surface area contributed by atoms with Crippen molar-refractivity contribution in [3.63, 3.8) is 0 Å². The smallest absolute Gasteiger partial charge is 0.418 e. The molecule has 0 N–H and O–H groups in total. The maximum Gasteiger partial charge on any atom is 0.418 e. The molecular formula is C21H24F4N2O4S2. The van der Waals surface area contributed by atoms with E-state index < -0.39 is 45.5 Å². The topological polar surface area (TPSA) is 66.9 Å². The lowest BCUT2D eigenvalue weighted by molar-refractivity contribution is -0.144. The van der Waals surface area contributed by atoms with Gasteiger partial charge in [0.25, 0.3) is 10.0 Å². The number of anilines is 1. The van der Waals surface area contributed by atoms with Crippen molar-refractivity contribution in [2.45, 2.75) is 36.7 Å². The van der Waals surface area contributed by atoms with Gasteiger partial charge >= 0.3 is 12.1 Å². The molecule has 1 fully saturated rings. The van der Waals surface area contributed by atoms with Crippen molar-refractivity contribution in [2.24, 2.45) is 5.92 Å². The minimum absolute atomic E-state index is 0.0194. The molecule has 2 aromatic rings. The summed E-state index contributed by atoms with van der Waals surface area (Å²) >= 11 is 1.05. The van der Waals surface area contributed by atoms with Crippen molar-refractivity contribution in [3.8, 4) is 0 Å². The number of sulfonamides is 1. The Morgan fingerprint density at radius 2 is 1.94 bits per heavy atom. The van der Waals surface area contributed by atoms with Crippen molar-refractivity contribution >= 4 is 33.0 Å². The van der Waals surface area contributed by atoms with Crippen LogP contribution in [0, 0.1) is 11.7 Å². The number of esters is 1. The van der Waals surface area contributed by atoms with Crippen molar-refractivity contribution in [1.82, 2.24) is 4.31 Å². The number of nitrogens with zero attached hydrogens (tertiary/aromatic N) is 2. The van der Waals surface area contributed by atoms with E-state index in [9.17, 15) is 30.8 Å². The number of hydrogen-bond acceptors (Lipinski definition) is 6. The number of rotatable bonds is 6. The number of halogens is 4. The molecule has 0 aliphatic carbocycles. The first-order valence-electron chi connectivity index (χ1n) is 10.1. The lowest BCUT2D eigenvalue weighted by atomic mass is 10.1. The van der Waals surface area contributed by atoms with Gasteiger partial charge in [-0.2, -0.15) is 17.5 Å². The van der Waals surface area contributed by atoms with Crippen LogP contribution in [0.25, 0.3) is 0 Å². The van der Waals surface area contributed by atoms with Crippen molar-refractivity contribution in [2.75, 3.05) is 31.6 Å². The fourth-order valence-electron chi connectivity index (χ4n) is 3.84. The number of benzene rings is 1. The van der Waals surface area contributed by atoms with Crippen LogP contribution in [0.15, 0.2) is 34.5 Å². The Kier molecular flexibility index (Phi) is 7.39. The van der Waals surface area contributed by atoms with E-state index in [1.165, 1.54) is 22.4 Å². The van der Waals surface area contributed by atoms with Crippen molar-refractivity contribution in [1.29, 1.82) is 0 Å². The van der Waals surface area contributed by atoms with E-state index in [0.717, 1.165) is 23.5 Å². The SMILES string of the molecule is COC(=O)C(C)Cc1ccc(S(=O)(=O)N2CCN(c3ccc(F)cc3C(F)(F)F)C[C@H]2C)s1. The number of piperazine rings is 1. The largest absolute Gasteiger partial charge is 0.469 e. The van der Waals surface area contributed by atoms with Gasteiger partial charge in [0.1, 0.15) is 10.0 Å². The molecule has 1 aromatic heterocycles. The number of carbonyl (C=O) groups is 1. The Bertz CT molecular complexity index is 1120. The molecule has 1 unspecified atom stereocenters. The second-order valence-corrected chi connectivity index (χ2v) is 11.2. The molecule has 33 heavy (non-hydrogen) atoms. The Morgan fingerprint density at radius 1 is 1.24 bits per heavy atom. The number of hydrogen-bond donors (Lipinski definition) is 0. The fourth-order valence-corrected chi connectivity index (χ4v) is 7.06. The van der Waals surface area contributed by atoms with Crippen LogP contribution in [0.4, 0.5) is 23.2 Å². The van der Waals surface area contributed by atoms with Crippen LogP contribution in [-0.2, 0) is 32.2 Å². The molecule has 0 spiro atoms. The number of alkyl halides is 3. The summed E-state index contributed by atoms with van der Waals surface area (Å²) in [5.74, 6) is -1.81. The van der Waals surface area contributed by atoms with Gasteiger partial charge in [-0.25, -0.2) is 12.8 Å². The quantitative estimate of drug-likeness (QED) is 0.433. The molecule has 1 aromatic carbocycles. The summed E-state index contributed by atoms with van der Waals surface area (Å²) in [7, 11) is -2.59. The van der Waals surface area contributed by atoms with E-state index in [4.69, 9.17) is 4.74 Å². The van der Waals surface area contributed by atoms with Gasteiger partial charge in [-0.05, 0) is 43.7 Å². The van der Waals surface area contributed by atoms with Gasteiger partial charge < -0.3 is 9.64 Å². The van der Waals surface area contributed by atoms with Gasteiger partial charge in [-0.3, -0.25) is 4.79 Å². The van der Waals surface area contributed by atoms with Crippen LogP contribution in [0.5, 0.6) is 0 Å². The predicted molar refractivity (Wildman–Crippen MR) is 116 cm³/mol. The zero-order chi connectivity index (χ0) is 24.6. The molecule has 2 atom stereocenters. The van der Waals surface area contributed by atoms with Crippen LogP contribution >= 0.6 is 11.3 Å². The first-order valence-corrected chi connectivity index (χ1v) is 12.4. The molecule has 182 valence electrons. The molecule has 12 heteroatoms. The predicted octanol–water partition coefficient (Wildman–Crippen LogP) is 4.16. The zero-order valence-electron chi connectivity index (χ0n) is 18.2. The van der Waals surface area contributed by atoms with Gasteiger partial charge in [0.15, 0.2) is 0 Å². The maximum absolute atomic E-state index is 13.4. The molecular weight excluding hydrogens is 484 g/mol. The van der Waals surface area contributed by atoms with E-state index >= 15 is 0 Å². The van der Waals surface area contributed by atoms with E-state index in [0.29, 0.717) is 17.4 Å². The lowest BCUT2D eigenvalue weighted by Gasteiger charge is -2.40. The molecule has 1 saturated heterocycles. The fraction of sp³-hybridized carbons (Fsp3) is 0.476. The molecule has 0 amide bonds. The molecule has 0 saturated carbocycles. The summed E-state index contributed by atoms with van der Waals surface area (Å²) in [6, 6.07) is 4.98. The standard InChI is InChI=1S/C21H24F4N2O4S2/c1-13(20(28)31-3)10-16-5-7-19(32-16)33(29,30)27-9-8-26(12-14(27)2)18-6-4-15(22)11-17(18)21(23,24)25/h4-7,11,13-14H,8-10,12H2,1-3H3/t13?,14-/m1/s1. The Balaban J connectivity index is 1.77. The first-order chi connectivity index (χ1) is 15.3. The van der Waals surface area contributed by atoms with E-state index in [1.54, 1.807) is 19.9 Å². The number of methoxy groups -OCH3 is 1. The highest BCUT2D eigenvalue weighted by atomic mass is 32.2. The third-order valence-corrected chi connectivity index (χ3v) is 9.07. The summed E-state index contributed by atoms with van der Waals surface area (Å²) in [5.41, 5.74) is -1.27. The molecule has 6 nitrogen and oxygen atoms in total. The second kappa shape index (κ2) is 9.59. The highest BCUT2D eigenvalue weighted by Gasteiger charge is 2.39. The summed E-state index contributed by atoms with van der Waals surface area (Å²) in [4.78, 5) is 13.8. The van der Waals surface area contributed by atoms with E-state index in [-0.39, 0.29) is 29.5 Å². The van der Waals surface area contributed by atoms with E-state index in [1.807, 2.05) is 0 Å². The first kappa shape index (κ1) is 25.4. The molecule has 1 aliphatic heterocycles. The molecule has 0 bridgehead atoms. The van der Waals surface area contributed by atoms with E-state index in [2.05, 4.69) is 0 Å². The van der Waals surface area contributed by atoms with Gasteiger partial charge in [-0.1, -0.05) is 6.92 Å². The number of thiophene rings is 1. The third-order valence-electron chi connectivity index (χ3n) is 5.48. The summed E-state index contributed by atoms with van der Waals surface area (Å²) in [5, 5.41) is 0. The summed E-state index contributed by atoms with van der Waals surface area (Å²) < 4.78 is 86.1. The summed E-state index contributed by atoms with van der Waals surface area (Å²) in [6.07, 6.45) is -4.40. The normalized spacial score (nSPS) is 18.9. The zero-order valence-corrected chi connectivity index (χ0v) is 19.9. The lowest BCUT2D eigenvalue weighted by Crippen LogP contribution is -2.54. The van der Waals surface area contributed by atoms with Crippen molar-refractivity contribution < 1.29 is 35.5 Å². The maximum atomic E-state index is 13.4. The summed E-state index contributed by atoms with van der Waals surface area (Å²) in [6.45, 7) is 3.32. The average molecular weight is 509 g/mol. The van der Waals surface area contributed by atoms with Crippen LogP contribution in [0.1, 0.15) is 24.3 Å². The van der Waals surface area contributed by atoms with Crippen LogP contribution in [0.2, 0.25) is 0 Å². The van der Waals surface area contributed by atoms with Crippen LogP contribution in [-0.4, -0.2) is 51.5 Å². The molecule has 0 radical (unpaired) electrons. The minimum atomic E-state index is -4.74. The molecule has 3 rings (SSSR count). The van der Waals surface area contributed by atoms with Gasteiger partial charge in [0.05, 0.1) is 18.6 Å². The Hall–Kier alpha value is -2.18. The van der Waals surface area contributed by atoms with Crippen LogP contribution < -0.4 is 4.90 Å². The van der Waals surface area contributed by atoms with Crippen molar-refractivity contribution in [3.05, 3.63) is 46.6 Å². The molecule has 1 aliphatic rings. The second-order valence-electron chi connectivity index (χ2n) is 7.92. The highest BCUT2D eigenvalue weighted by molar-refractivity contribution is 7.91. The third kappa shape index (κ3) is 5.49. The monoisotopic (exact) mass is 508 g/mol. The highest BCUT2D eigenvalue weighted by Crippen LogP contribution is 2.38. The Labute approximate surface area is 193 Å². The average Bonchev–Trinajstić information content (AvgIpc) is 3.21. The number of ether oxygens (including phenoxy) is 1. The minimum Gasteiger partial charge on any atom is -0.469 e. The Morgan fingerprint density at radius 3 is 2.55 bits per heavy atom. The van der Waals surface area contributed by atoms with Gasteiger partial charge in [-0.15, -0.1) is 11.3 Å². The number of carbonyl (C=O) groups excluding carboxylic acids is 1. The van der Waals surface area contributed by atoms with Gasteiger partial charge in [0.2, 0.25) is 0 Å². The van der Waals surface area contributed by atoms with Gasteiger partial charge in [0, 0.05) is 36.2 Å². The van der Waals surface area contributed by atoms with Crippen LogP contribution in [0.3, 0.4) is 0 Å². The molecule has 2 heterocycles.